The normalized spacial score (nSPS) is 19.1. The quantitative estimate of drug-likeness (QED) is 0.844. The van der Waals surface area contributed by atoms with Crippen LogP contribution in [0.3, 0.4) is 0 Å². The van der Waals surface area contributed by atoms with Crippen LogP contribution in [0, 0.1) is 0 Å². The van der Waals surface area contributed by atoms with Gasteiger partial charge in [-0.15, -0.1) is 0 Å². The van der Waals surface area contributed by atoms with E-state index in [0.29, 0.717) is 0 Å². The highest BCUT2D eigenvalue weighted by Gasteiger charge is 2.32. The molecule has 1 N–H and O–H groups in total. The van der Waals surface area contributed by atoms with Crippen LogP contribution in [-0.2, 0) is 6.54 Å². The van der Waals surface area contributed by atoms with Crippen molar-refractivity contribution in [3.05, 3.63) is 23.9 Å². The third-order valence-electron chi connectivity index (χ3n) is 3.37. The maximum absolute atomic E-state index is 4.50. The molecule has 0 atom stereocenters. The Bertz CT molecular complexity index is 360. The van der Waals surface area contributed by atoms with E-state index < -0.39 is 0 Å². The molecule has 16 heavy (non-hydrogen) atoms. The van der Waals surface area contributed by atoms with E-state index in [9.17, 15) is 0 Å². The summed E-state index contributed by atoms with van der Waals surface area (Å²) in [6.07, 6.45) is 4.44. The average Bonchev–Trinajstić information content (AvgIpc) is 2.59. The van der Waals surface area contributed by atoms with E-state index in [-0.39, 0.29) is 5.54 Å². The molecule has 0 aliphatic carbocycles. The molecule has 0 saturated carbocycles. The number of rotatable bonds is 3. The first-order valence-electron chi connectivity index (χ1n) is 6.01. The van der Waals surface area contributed by atoms with Crippen molar-refractivity contribution in [1.29, 1.82) is 0 Å². The van der Waals surface area contributed by atoms with Gasteiger partial charge in [0.2, 0.25) is 0 Å². The van der Waals surface area contributed by atoms with Crippen molar-refractivity contribution in [1.82, 2.24) is 10.3 Å². The molecule has 1 aliphatic heterocycles. The second-order valence-corrected chi connectivity index (χ2v) is 5.12. The third-order valence-corrected chi connectivity index (χ3v) is 3.37. The van der Waals surface area contributed by atoms with Gasteiger partial charge in [0.15, 0.2) is 0 Å². The molecule has 2 heterocycles. The molecule has 88 valence electrons. The van der Waals surface area contributed by atoms with Crippen molar-refractivity contribution in [3.8, 4) is 0 Å². The highest BCUT2D eigenvalue weighted by molar-refractivity contribution is 5.45. The number of aromatic nitrogens is 1. The van der Waals surface area contributed by atoms with Crippen LogP contribution in [0.4, 0.5) is 5.82 Å². The zero-order valence-corrected chi connectivity index (χ0v) is 10.5. The minimum Gasteiger partial charge on any atom is -0.351 e. The van der Waals surface area contributed by atoms with Gasteiger partial charge in [-0.25, -0.2) is 4.98 Å². The Morgan fingerprint density at radius 3 is 2.94 bits per heavy atom. The topological polar surface area (TPSA) is 28.2 Å². The fourth-order valence-corrected chi connectivity index (χ4v) is 2.45. The lowest BCUT2D eigenvalue weighted by atomic mass is 10.0. The number of hydrogen-bond acceptors (Lipinski definition) is 3. The largest absolute Gasteiger partial charge is 0.351 e. The molecule has 0 unspecified atom stereocenters. The van der Waals surface area contributed by atoms with Crippen LogP contribution in [0.2, 0.25) is 0 Å². The smallest absolute Gasteiger partial charge is 0.129 e. The van der Waals surface area contributed by atoms with Crippen LogP contribution in [0.5, 0.6) is 0 Å². The summed E-state index contributed by atoms with van der Waals surface area (Å²) in [6, 6.07) is 4.27. The van der Waals surface area contributed by atoms with Crippen LogP contribution in [0.15, 0.2) is 18.3 Å². The lowest BCUT2D eigenvalue weighted by Gasteiger charge is -2.32. The molecule has 1 fully saturated rings. The van der Waals surface area contributed by atoms with Gasteiger partial charge < -0.3 is 10.2 Å². The highest BCUT2D eigenvalue weighted by atomic mass is 15.3. The maximum Gasteiger partial charge on any atom is 0.129 e. The molecule has 1 aliphatic rings. The summed E-state index contributed by atoms with van der Waals surface area (Å²) in [7, 11) is 1.97. The van der Waals surface area contributed by atoms with Gasteiger partial charge in [-0.2, -0.15) is 0 Å². The van der Waals surface area contributed by atoms with Crippen molar-refractivity contribution in [3.63, 3.8) is 0 Å². The summed E-state index contributed by atoms with van der Waals surface area (Å²) in [5, 5.41) is 3.18. The van der Waals surface area contributed by atoms with Crippen LogP contribution in [0.25, 0.3) is 0 Å². The van der Waals surface area contributed by atoms with E-state index in [1.807, 2.05) is 13.2 Å². The fraction of sp³-hybridized carbons (Fsp3) is 0.615. The molecule has 1 saturated heterocycles. The fourth-order valence-electron chi connectivity index (χ4n) is 2.45. The molecule has 0 amide bonds. The highest BCUT2D eigenvalue weighted by Crippen LogP contribution is 2.32. The molecule has 0 aromatic carbocycles. The molecule has 1 aromatic heterocycles. The summed E-state index contributed by atoms with van der Waals surface area (Å²) in [5.41, 5.74) is 1.56. The van der Waals surface area contributed by atoms with Crippen molar-refractivity contribution in [2.75, 3.05) is 18.5 Å². The minimum absolute atomic E-state index is 0.255. The number of anilines is 1. The number of pyridine rings is 1. The molecule has 0 spiro atoms. The Hall–Kier alpha value is -1.09. The van der Waals surface area contributed by atoms with Crippen LogP contribution in [0.1, 0.15) is 32.3 Å². The average molecular weight is 219 g/mol. The van der Waals surface area contributed by atoms with Crippen LogP contribution in [-0.4, -0.2) is 24.1 Å². The Kier molecular flexibility index (Phi) is 3.15. The second-order valence-electron chi connectivity index (χ2n) is 5.12. The van der Waals surface area contributed by atoms with Crippen molar-refractivity contribution in [2.45, 2.75) is 38.8 Å². The molecule has 3 nitrogen and oxygen atoms in total. The first kappa shape index (κ1) is 11.4. The van der Waals surface area contributed by atoms with Crippen LogP contribution >= 0.6 is 0 Å². The van der Waals surface area contributed by atoms with E-state index >= 15 is 0 Å². The number of hydrogen-bond donors (Lipinski definition) is 1. The second kappa shape index (κ2) is 4.42. The lowest BCUT2D eigenvalue weighted by Crippen LogP contribution is -2.38. The van der Waals surface area contributed by atoms with Gasteiger partial charge in [0, 0.05) is 24.8 Å². The monoisotopic (exact) mass is 219 g/mol. The van der Waals surface area contributed by atoms with Gasteiger partial charge in [-0.05, 0) is 51.4 Å². The third kappa shape index (κ3) is 2.19. The van der Waals surface area contributed by atoms with E-state index in [0.717, 1.165) is 18.9 Å². The summed E-state index contributed by atoms with van der Waals surface area (Å²) in [6.45, 7) is 6.63. The Balaban J connectivity index is 2.23. The lowest BCUT2D eigenvalue weighted by molar-refractivity contribution is 0.514. The molecule has 3 heteroatoms. The minimum atomic E-state index is 0.255. The zero-order valence-electron chi connectivity index (χ0n) is 10.5. The molecule has 2 rings (SSSR count). The summed E-state index contributed by atoms with van der Waals surface area (Å²) in [4.78, 5) is 6.92. The van der Waals surface area contributed by atoms with E-state index in [1.54, 1.807) is 0 Å². The predicted octanol–water partition coefficient (Wildman–Crippen LogP) is 2.18. The first-order valence-corrected chi connectivity index (χ1v) is 6.01. The van der Waals surface area contributed by atoms with Crippen LogP contribution < -0.4 is 10.2 Å². The summed E-state index contributed by atoms with van der Waals surface area (Å²) in [5.74, 6) is 1.12. The standard InChI is InChI=1S/C13H21N3/c1-13(2)6-4-8-16(13)12-9-11(10-14-3)5-7-15-12/h5,7,9,14H,4,6,8,10H2,1-3H3. The summed E-state index contributed by atoms with van der Waals surface area (Å²) < 4.78 is 0. The van der Waals surface area contributed by atoms with Gasteiger partial charge in [0.05, 0.1) is 0 Å². The first-order chi connectivity index (χ1) is 7.63. The van der Waals surface area contributed by atoms with Gasteiger partial charge in [0.25, 0.3) is 0 Å². The molecule has 0 bridgehead atoms. The van der Waals surface area contributed by atoms with Gasteiger partial charge in [0.1, 0.15) is 5.82 Å². The Morgan fingerprint density at radius 2 is 2.31 bits per heavy atom. The molecule has 1 aromatic rings. The van der Waals surface area contributed by atoms with E-state index in [4.69, 9.17) is 0 Å². The number of nitrogens with zero attached hydrogens (tertiary/aromatic N) is 2. The zero-order chi connectivity index (χ0) is 11.6. The van der Waals surface area contributed by atoms with Gasteiger partial charge in [-0.3, -0.25) is 0 Å². The number of nitrogens with one attached hydrogen (secondary N) is 1. The Labute approximate surface area is 97.9 Å². The Morgan fingerprint density at radius 1 is 1.50 bits per heavy atom. The van der Waals surface area contributed by atoms with E-state index in [1.165, 1.54) is 18.4 Å². The summed E-state index contributed by atoms with van der Waals surface area (Å²) >= 11 is 0. The van der Waals surface area contributed by atoms with Gasteiger partial charge >= 0.3 is 0 Å². The maximum atomic E-state index is 4.50. The van der Waals surface area contributed by atoms with Gasteiger partial charge in [-0.1, -0.05) is 0 Å². The van der Waals surface area contributed by atoms with E-state index in [2.05, 4.69) is 41.2 Å². The molecule has 0 radical (unpaired) electrons. The van der Waals surface area contributed by atoms with Crippen molar-refractivity contribution >= 4 is 5.82 Å². The predicted molar refractivity (Wildman–Crippen MR) is 67.7 cm³/mol. The van der Waals surface area contributed by atoms with Crippen molar-refractivity contribution in [2.24, 2.45) is 0 Å². The molecular formula is C13H21N3. The SMILES string of the molecule is CNCc1ccnc(N2CCCC2(C)C)c1. The van der Waals surface area contributed by atoms with Crippen molar-refractivity contribution < 1.29 is 0 Å². The molecular weight excluding hydrogens is 198 g/mol.